The maximum absolute atomic E-state index is 10.2. The van der Waals surface area contributed by atoms with Gasteiger partial charge in [0.15, 0.2) is 0 Å². The third-order valence-electron chi connectivity index (χ3n) is 9.76. The average Bonchev–Trinajstić information content (AvgIpc) is 3.15. The van der Waals surface area contributed by atoms with Crippen molar-refractivity contribution >= 4 is 0 Å². The van der Waals surface area contributed by atoms with Gasteiger partial charge in [0.2, 0.25) is 0 Å². The molecule has 3 aliphatic carbocycles. The van der Waals surface area contributed by atoms with E-state index in [-0.39, 0.29) is 12.0 Å². The molecule has 35 heavy (non-hydrogen) atoms. The summed E-state index contributed by atoms with van der Waals surface area (Å²) in [4.78, 5) is 0. The van der Waals surface area contributed by atoms with Crippen LogP contribution in [0.2, 0.25) is 0 Å². The Kier molecular flexibility index (Phi) is 9.87. The fourth-order valence-corrected chi connectivity index (χ4v) is 7.67. The second kappa shape index (κ2) is 12.1. The molecule has 0 heterocycles. The number of unbranched alkanes of at least 4 members (excludes halogenated alkanes) is 3. The Morgan fingerprint density at radius 2 is 1.80 bits per heavy atom. The third kappa shape index (κ3) is 6.89. The molecular weight excluding hydrogens is 436 g/mol. The highest BCUT2D eigenvalue weighted by molar-refractivity contribution is 5.38. The molecule has 200 valence electrons. The highest BCUT2D eigenvalue weighted by atomic mass is 16.3. The van der Waals surface area contributed by atoms with Crippen LogP contribution in [0.4, 0.5) is 0 Å². The highest BCUT2D eigenvalue weighted by Gasteiger charge is 2.54. The van der Waals surface area contributed by atoms with Crippen LogP contribution in [0, 0.1) is 29.1 Å². The molecule has 3 aliphatic rings. The smallest absolute Gasteiger partial charge is 0.0811 e. The van der Waals surface area contributed by atoms with Gasteiger partial charge in [-0.15, -0.1) is 0 Å². The van der Waals surface area contributed by atoms with Gasteiger partial charge in [0.1, 0.15) is 0 Å². The molecular formula is C31H52O4. The summed E-state index contributed by atoms with van der Waals surface area (Å²) in [7, 11) is 0. The van der Waals surface area contributed by atoms with E-state index in [0.717, 1.165) is 30.4 Å². The van der Waals surface area contributed by atoms with E-state index < -0.39 is 17.8 Å². The lowest BCUT2D eigenvalue weighted by atomic mass is 9.55. The number of aliphatic hydroxyl groups excluding tert-OH is 3. The zero-order valence-electron chi connectivity index (χ0n) is 22.8. The lowest BCUT2D eigenvalue weighted by Crippen LogP contribution is -2.43. The molecule has 0 radical (unpaired) electrons. The standard InChI is InChI=1S/C31H52O4/c1-21(20-32)27-15-16-28-23(11-12-24-18-26(33)19-29(34)22(24)2)13-14-25(31(27,28)5)10-8-6-7-9-17-30(3,4)35/h11-12,21,25-29,32-35H,2,6-10,13-20H2,1,3-5H3/b23-11+,24-12-/t21-,25-,26-,27-,28+,29+,31-/m1/s1. The first-order valence-electron chi connectivity index (χ1n) is 14.3. The molecule has 0 unspecified atom stereocenters. The van der Waals surface area contributed by atoms with Crippen molar-refractivity contribution in [3.8, 4) is 0 Å². The van der Waals surface area contributed by atoms with Crippen LogP contribution in [0.3, 0.4) is 0 Å². The van der Waals surface area contributed by atoms with E-state index in [2.05, 4.69) is 32.6 Å². The van der Waals surface area contributed by atoms with Crippen molar-refractivity contribution in [1.82, 2.24) is 0 Å². The Bertz CT molecular complexity index is 775. The van der Waals surface area contributed by atoms with Crippen molar-refractivity contribution in [1.29, 1.82) is 0 Å². The summed E-state index contributed by atoms with van der Waals surface area (Å²) in [6.07, 6.45) is 15.8. The second-order valence-electron chi connectivity index (χ2n) is 12.8. The quantitative estimate of drug-likeness (QED) is 0.280. The summed E-state index contributed by atoms with van der Waals surface area (Å²) < 4.78 is 0. The minimum Gasteiger partial charge on any atom is -0.396 e. The summed E-state index contributed by atoms with van der Waals surface area (Å²) in [6.45, 7) is 12.9. The van der Waals surface area contributed by atoms with Gasteiger partial charge in [0, 0.05) is 13.0 Å². The Hall–Kier alpha value is -0.940. The van der Waals surface area contributed by atoms with Crippen LogP contribution in [0.5, 0.6) is 0 Å². The summed E-state index contributed by atoms with van der Waals surface area (Å²) >= 11 is 0. The lowest BCUT2D eigenvalue weighted by Gasteiger charge is -2.50. The van der Waals surface area contributed by atoms with E-state index in [1.54, 1.807) is 0 Å². The minimum atomic E-state index is -0.644. The van der Waals surface area contributed by atoms with Gasteiger partial charge in [0.25, 0.3) is 0 Å². The molecule has 3 fully saturated rings. The number of aliphatic hydroxyl groups is 4. The van der Waals surface area contributed by atoms with Gasteiger partial charge in [-0.3, -0.25) is 0 Å². The zero-order valence-corrected chi connectivity index (χ0v) is 22.8. The van der Waals surface area contributed by atoms with E-state index in [9.17, 15) is 20.4 Å². The van der Waals surface area contributed by atoms with Gasteiger partial charge >= 0.3 is 0 Å². The zero-order chi connectivity index (χ0) is 25.8. The van der Waals surface area contributed by atoms with E-state index >= 15 is 0 Å². The third-order valence-corrected chi connectivity index (χ3v) is 9.76. The Morgan fingerprint density at radius 1 is 1.09 bits per heavy atom. The van der Waals surface area contributed by atoms with Crippen molar-refractivity contribution in [2.45, 2.75) is 123 Å². The fraction of sp³-hybridized carbons (Fsp3) is 0.806. The Morgan fingerprint density at radius 3 is 2.49 bits per heavy atom. The van der Waals surface area contributed by atoms with Crippen molar-refractivity contribution < 1.29 is 20.4 Å². The molecule has 0 aliphatic heterocycles. The van der Waals surface area contributed by atoms with E-state index in [1.165, 1.54) is 50.5 Å². The summed E-state index contributed by atoms with van der Waals surface area (Å²) in [5.74, 6) is 2.09. The lowest BCUT2D eigenvalue weighted by molar-refractivity contribution is 0.00900. The van der Waals surface area contributed by atoms with E-state index in [1.807, 2.05) is 13.8 Å². The fourth-order valence-electron chi connectivity index (χ4n) is 7.67. The average molecular weight is 489 g/mol. The molecule has 0 bridgehead atoms. The number of hydrogen-bond donors (Lipinski definition) is 4. The van der Waals surface area contributed by atoms with Gasteiger partial charge in [-0.1, -0.05) is 63.8 Å². The molecule has 4 N–H and O–H groups in total. The molecule has 4 nitrogen and oxygen atoms in total. The number of fused-ring (bicyclic) bond motifs is 1. The van der Waals surface area contributed by atoms with Crippen LogP contribution in [-0.4, -0.2) is 44.8 Å². The molecule has 3 saturated carbocycles. The van der Waals surface area contributed by atoms with Crippen molar-refractivity contribution in [2.24, 2.45) is 29.1 Å². The second-order valence-corrected chi connectivity index (χ2v) is 12.8. The molecule has 0 aromatic heterocycles. The van der Waals surface area contributed by atoms with Crippen LogP contribution >= 0.6 is 0 Å². The topological polar surface area (TPSA) is 80.9 Å². The molecule has 3 rings (SSSR count). The van der Waals surface area contributed by atoms with Gasteiger partial charge < -0.3 is 20.4 Å². The number of allylic oxidation sites excluding steroid dienone is 3. The highest BCUT2D eigenvalue weighted by Crippen LogP contribution is 2.62. The predicted octanol–water partition coefficient (Wildman–Crippen LogP) is 6.09. The van der Waals surface area contributed by atoms with Crippen LogP contribution in [0.1, 0.15) is 105 Å². The summed E-state index contributed by atoms with van der Waals surface area (Å²) in [5, 5.41) is 40.3. The molecule has 0 spiro atoms. The maximum atomic E-state index is 10.2. The number of rotatable bonds is 10. The molecule has 4 heteroatoms. The Labute approximate surface area is 214 Å². The largest absolute Gasteiger partial charge is 0.396 e. The van der Waals surface area contributed by atoms with Crippen molar-refractivity contribution in [2.75, 3.05) is 6.61 Å². The van der Waals surface area contributed by atoms with Gasteiger partial charge in [-0.25, -0.2) is 0 Å². The van der Waals surface area contributed by atoms with E-state index in [0.29, 0.717) is 36.5 Å². The maximum Gasteiger partial charge on any atom is 0.0811 e. The summed E-state index contributed by atoms with van der Waals surface area (Å²) in [6, 6.07) is 0. The SMILES string of the molecule is C=C1/C(=C\C=C2/CC[C@@H](CCCCCCC(C)(C)O)[C@]3(C)[C@@H]([C@H](C)CO)CC[C@@H]23)C[C@@H](O)C[C@@H]1O. The van der Waals surface area contributed by atoms with Crippen LogP contribution in [0.15, 0.2) is 35.5 Å². The first kappa shape index (κ1) is 28.6. The van der Waals surface area contributed by atoms with Gasteiger partial charge in [0.05, 0.1) is 17.8 Å². The molecule has 0 saturated heterocycles. The molecule has 7 atom stereocenters. The first-order chi connectivity index (χ1) is 16.5. The molecule has 0 amide bonds. The van der Waals surface area contributed by atoms with Crippen LogP contribution in [-0.2, 0) is 0 Å². The van der Waals surface area contributed by atoms with Gasteiger partial charge in [-0.05, 0) is 99.0 Å². The van der Waals surface area contributed by atoms with E-state index in [4.69, 9.17) is 0 Å². The van der Waals surface area contributed by atoms with Crippen molar-refractivity contribution in [3.63, 3.8) is 0 Å². The predicted molar refractivity (Wildman–Crippen MR) is 144 cm³/mol. The summed E-state index contributed by atoms with van der Waals surface area (Å²) in [5.41, 5.74) is 2.90. The van der Waals surface area contributed by atoms with Crippen LogP contribution in [0.25, 0.3) is 0 Å². The van der Waals surface area contributed by atoms with Crippen molar-refractivity contribution in [3.05, 3.63) is 35.5 Å². The normalized spacial score (nSPS) is 37.1. The molecule has 0 aromatic rings. The first-order valence-corrected chi connectivity index (χ1v) is 14.3. The monoisotopic (exact) mass is 488 g/mol. The minimum absolute atomic E-state index is 0.209. The molecule has 0 aromatic carbocycles. The van der Waals surface area contributed by atoms with Gasteiger partial charge in [-0.2, -0.15) is 0 Å². The Balaban J connectivity index is 1.72. The van der Waals surface area contributed by atoms with Crippen LogP contribution < -0.4 is 0 Å². The number of hydrogen-bond acceptors (Lipinski definition) is 4.